The first-order chi connectivity index (χ1) is 9.37. The molecule has 0 amide bonds. The van der Waals surface area contributed by atoms with Gasteiger partial charge < -0.3 is 10.5 Å². The number of anilines is 1. The second-order valence-electron chi connectivity index (χ2n) is 4.99. The molecule has 0 saturated carbocycles. The quantitative estimate of drug-likeness (QED) is 0.838. The Hall–Kier alpha value is -0.790. The van der Waals surface area contributed by atoms with Crippen molar-refractivity contribution < 1.29 is 13.2 Å². The minimum absolute atomic E-state index is 0.00308. The Labute approximate surface area is 128 Å². The maximum absolute atomic E-state index is 12.8. The fraction of sp³-hybridized carbons (Fsp3) is 0.538. The Bertz CT molecular complexity index is 604. The van der Waals surface area contributed by atoms with Gasteiger partial charge in [0.1, 0.15) is 10.6 Å². The molecule has 2 rings (SSSR count). The van der Waals surface area contributed by atoms with Crippen molar-refractivity contribution in [3.05, 3.63) is 16.6 Å². The summed E-state index contributed by atoms with van der Waals surface area (Å²) in [6, 6.07) is 3.06. The first-order valence-electron chi connectivity index (χ1n) is 6.52. The van der Waals surface area contributed by atoms with Crippen molar-refractivity contribution in [3.63, 3.8) is 0 Å². The predicted molar refractivity (Wildman–Crippen MR) is 82.3 cm³/mol. The molecule has 1 aromatic rings. The third-order valence-corrected chi connectivity index (χ3v) is 6.33. The number of sulfonamides is 1. The zero-order valence-electron chi connectivity index (χ0n) is 11.6. The maximum atomic E-state index is 12.8. The molecular weight excluding hydrogens is 344 g/mol. The van der Waals surface area contributed by atoms with E-state index in [0.717, 1.165) is 19.3 Å². The highest BCUT2D eigenvalue weighted by molar-refractivity contribution is 9.10. The molecule has 0 bridgehead atoms. The van der Waals surface area contributed by atoms with E-state index in [0.29, 0.717) is 22.5 Å². The van der Waals surface area contributed by atoms with Gasteiger partial charge in [-0.05, 0) is 47.8 Å². The Morgan fingerprint density at radius 1 is 1.40 bits per heavy atom. The molecule has 1 atom stereocenters. The van der Waals surface area contributed by atoms with Crippen molar-refractivity contribution in [3.8, 4) is 5.75 Å². The van der Waals surface area contributed by atoms with Gasteiger partial charge in [0, 0.05) is 22.7 Å². The molecule has 20 heavy (non-hydrogen) atoms. The summed E-state index contributed by atoms with van der Waals surface area (Å²) < 4.78 is 33.0. The molecule has 0 aliphatic carbocycles. The van der Waals surface area contributed by atoms with Crippen LogP contribution in [0.3, 0.4) is 0 Å². The molecule has 1 saturated heterocycles. The van der Waals surface area contributed by atoms with E-state index < -0.39 is 10.0 Å². The number of halogens is 1. The Morgan fingerprint density at radius 3 is 2.70 bits per heavy atom. The molecule has 0 radical (unpaired) electrons. The third-order valence-electron chi connectivity index (χ3n) is 3.61. The molecule has 112 valence electrons. The van der Waals surface area contributed by atoms with Crippen molar-refractivity contribution in [2.75, 3.05) is 19.4 Å². The van der Waals surface area contributed by atoms with E-state index in [4.69, 9.17) is 10.5 Å². The summed E-state index contributed by atoms with van der Waals surface area (Å²) in [4.78, 5) is 0.134. The number of benzene rings is 1. The van der Waals surface area contributed by atoms with Gasteiger partial charge in [-0.3, -0.25) is 0 Å². The highest BCUT2D eigenvalue weighted by Crippen LogP contribution is 2.35. The number of nitrogens with two attached hydrogens (primary N) is 1. The molecule has 1 unspecified atom stereocenters. The molecule has 0 aromatic heterocycles. The van der Waals surface area contributed by atoms with Crippen LogP contribution in [0, 0.1) is 0 Å². The SMILES string of the molecule is COc1cc(Br)c(N)cc1S(=O)(=O)N1CCCCC1C. The van der Waals surface area contributed by atoms with Gasteiger partial charge in [0.15, 0.2) is 0 Å². The molecule has 1 aromatic carbocycles. The number of methoxy groups -OCH3 is 1. The third kappa shape index (κ3) is 2.80. The number of nitrogens with zero attached hydrogens (tertiary/aromatic N) is 1. The Balaban J connectivity index is 2.51. The van der Waals surface area contributed by atoms with Gasteiger partial charge in [-0.25, -0.2) is 8.42 Å². The topological polar surface area (TPSA) is 72.6 Å². The smallest absolute Gasteiger partial charge is 0.247 e. The van der Waals surface area contributed by atoms with Crippen LogP contribution in [0.1, 0.15) is 26.2 Å². The summed E-state index contributed by atoms with van der Waals surface area (Å²) >= 11 is 3.28. The molecule has 1 heterocycles. The minimum Gasteiger partial charge on any atom is -0.495 e. The summed E-state index contributed by atoms with van der Waals surface area (Å²) in [5.74, 6) is 0.309. The molecule has 1 fully saturated rings. The van der Waals surface area contributed by atoms with Crippen LogP contribution in [0.5, 0.6) is 5.75 Å². The monoisotopic (exact) mass is 362 g/mol. The summed E-state index contributed by atoms with van der Waals surface area (Å²) in [7, 11) is -2.13. The molecule has 5 nitrogen and oxygen atoms in total. The second-order valence-corrected chi connectivity index (χ2v) is 7.70. The average molecular weight is 363 g/mol. The summed E-state index contributed by atoms with van der Waals surface area (Å²) in [6.45, 7) is 2.48. The van der Waals surface area contributed by atoms with E-state index in [1.54, 1.807) is 10.4 Å². The van der Waals surface area contributed by atoms with Gasteiger partial charge in [0.05, 0.1) is 7.11 Å². The molecule has 0 spiro atoms. The zero-order valence-corrected chi connectivity index (χ0v) is 14.0. The highest BCUT2D eigenvalue weighted by atomic mass is 79.9. The number of ether oxygens (including phenoxy) is 1. The zero-order chi connectivity index (χ0) is 14.9. The minimum atomic E-state index is -3.59. The maximum Gasteiger partial charge on any atom is 0.247 e. The Kier molecular flexibility index (Phi) is 4.61. The van der Waals surface area contributed by atoms with Crippen LogP contribution in [0.15, 0.2) is 21.5 Å². The van der Waals surface area contributed by atoms with Crippen molar-refractivity contribution in [2.24, 2.45) is 0 Å². The van der Waals surface area contributed by atoms with Crippen molar-refractivity contribution in [1.29, 1.82) is 0 Å². The average Bonchev–Trinajstić information content (AvgIpc) is 2.41. The van der Waals surface area contributed by atoms with E-state index in [2.05, 4.69) is 15.9 Å². The summed E-state index contributed by atoms with van der Waals surface area (Å²) in [6.07, 6.45) is 2.83. The van der Waals surface area contributed by atoms with E-state index in [1.165, 1.54) is 13.2 Å². The molecule has 7 heteroatoms. The lowest BCUT2D eigenvalue weighted by Gasteiger charge is -2.32. The van der Waals surface area contributed by atoms with Gasteiger partial charge in [-0.15, -0.1) is 0 Å². The first-order valence-corrected chi connectivity index (χ1v) is 8.76. The lowest BCUT2D eigenvalue weighted by atomic mass is 10.1. The number of hydrogen-bond acceptors (Lipinski definition) is 4. The number of piperidine rings is 1. The fourth-order valence-corrected chi connectivity index (χ4v) is 4.66. The van der Waals surface area contributed by atoms with Crippen LogP contribution >= 0.6 is 15.9 Å². The van der Waals surface area contributed by atoms with Gasteiger partial charge in [-0.1, -0.05) is 6.42 Å². The second kappa shape index (κ2) is 5.91. The van der Waals surface area contributed by atoms with Crippen LogP contribution in [0.2, 0.25) is 0 Å². The highest BCUT2D eigenvalue weighted by Gasteiger charge is 2.33. The van der Waals surface area contributed by atoms with Crippen molar-refractivity contribution in [1.82, 2.24) is 4.31 Å². The molecule has 2 N–H and O–H groups in total. The Morgan fingerprint density at radius 2 is 2.10 bits per heavy atom. The number of nitrogen functional groups attached to an aromatic ring is 1. The van der Waals surface area contributed by atoms with Crippen molar-refractivity contribution in [2.45, 2.75) is 37.1 Å². The van der Waals surface area contributed by atoms with Crippen LogP contribution in [0.4, 0.5) is 5.69 Å². The van der Waals surface area contributed by atoms with Crippen LogP contribution in [0.25, 0.3) is 0 Å². The van der Waals surface area contributed by atoms with Crippen LogP contribution < -0.4 is 10.5 Å². The van der Waals surface area contributed by atoms with E-state index in [-0.39, 0.29) is 10.9 Å². The lowest BCUT2D eigenvalue weighted by Crippen LogP contribution is -2.42. The van der Waals surface area contributed by atoms with Crippen LogP contribution in [-0.2, 0) is 10.0 Å². The van der Waals surface area contributed by atoms with Crippen molar-refractivity contribution >= 4 is 31.6 Å². The normalized spacial score (nSPS) is 20.9. The summed E-state index contributed by atoms with van der Waals surface area (Å²) in [5, 5.41) is 0. The molecule has 1 aliphatic heterocycles. The number of hydrogen-bond donors (Lipinski definition) is 1. The van der Waals surface area contributed by atoms with E-state index in [9.17, 15) is 8.42 Å². The van der Waals surface area contributed by atoms with Gasteiger partial charge in [0.25, 0.3) is 0 Å². The summed E-state index contributed by atoms with van der Waals surface area (Å²) in [5.41, 5.74) is 6.20. The lowest BCUT2D eigenvalue weighted by molar-refractivity contribution is 0.267. The van der Waals surface area contributed by atoms with Crippen LogP contribution in [-0.4, -0.2) is 32.4 Å². The van der Waals surface area contributed by atoms with E-state index in [1.807, 2.05) is 6.92 Å². The van der Waals surface area contributed by atoms with Gasteiger partial charge in [-0.2, -0.15) is 4.31 Å². The molecular formula is C13H19BrN2O3S. The number of rotatable bonds is 3. The van der Waals surface area contributed by atoms with E-state index >= 15 is 0 Å². The standard InChI is InChI=1S/C13H19BrN2O3S/c1-9-5-3-4-6-16(9)20(17,18)13-8-11(15)10(14)7-12(13)19-2/h7-9H,3-6,15H2,1-2H3. The molecule has 1 aliphatic rings. The fourth-order valence-electron chi connectivity index (χ4n) is 2.47. The van der Waals surface area contributed by atoms with Gasteiger partial charge in [0.2, 0.25) is 10.0 Å². The predicted octanol–water partition coefficient (Wildman–Crippen LogP) is 2.60. The largest absolute Gasteiger partial charge is 0.495 e. The first kappa shape index (κ1) is 15.6. The van der Waals surface area contributed by atoms with Gasteiger partial charge >= 0.3 is 0 Å².